The van der Waals surface area contributed by atoms with Crippen LogP contribution >= 0.6 is 0 Å². The molecule has 0 saturated carbocycles. The summed E-state index contributed by atoms with van der Waals surface area (Å²) in [5.74, 6) is -0.789. The van der Waals surface area contributed by atoms with Crippen molar-refractivity contribution in [1.29, 1.82) is 0 Å². The lowest BCUT2D eigenvalue weighted by atomic mass is 10.3. The minimum absolute atomic E-state index is 0.192. The number of hydrogen-bond donors (Lipinski definition) is 4. The molecule has 5 N–H and O–H groups in total. The van der Waals surface area contributed by atoms with Gasteiger partial charge in [-0.3, -0.25) is 0 Å². The minimum atomic E-state index is -4.55. The topological polar surface area (TPSA) is 96.1 Å². The van der Waals surface area contributed by atoms with E-state index in [0.29, 0.717) is 19.2 Å². The first kappa shape index (κ1) is 14.9. The van der Waals surface area contributed by atoms with Crippen molar-refractivity contribution >= 4 is 11.8 Å². The van der Waals surface area contributed by atoms with Gasteiger partial charge in [-0.2, -0.15) is 18.2 Å². The summed E-state index contributed by atoms with van der Waals surface area (Å²) in [6.07, 6.45) is -3.45. The number of nitrogens with two attached hydrogens (primary N) is 1. The second-order valence-electron chi connectivity index (χ2n) is 3.64. The van der Waals surface area contributed by atoms with Gasteiger partial charge in [-0.15, -0.1) is 0 Å². The number of nitrogens with one attached hydrogen (secondary N) is 2. The zero-order valence-corrected chi connectivity index (χ0v) is 9.96. The van der Waals surface area contributed by atoms with Gasteiger partial charge in [0.2, 0.25) is 5.95 Å². The summed E-state index contributed by atoms with van der Waals surface area (Å²) in [6, 6.07) is 0. The highest BCUT2D eigenvalue weighted by atomic mass is 19.4. The standard InChI is InChI=1S/C10H14F3N5O/c1-6(19)15-3-2-4-16-8-7(10(11,12)13)5-17-9(14)18-8/h5,15,19H,1-4H2,(H3,14,16,17,18). The van der Waals surface area contributed by atoms with E-state index in [-0.39, 0.29) is 24.2 Å². The van der Waals surface area contributed by atoms with Gasteiger partial charge >= 0.3 is 6.18 Å². The Balaban J connectivity index is 2.61. The normalized spacial score (nSPS) is 11.1. The van der Waals surface area contributed by atoms with Crippen molar-refractivity contribution in [3.8, 4) is 0 Å². The molecule has 1 rings (SSSR count). The highest BCUT2D eigenvalue weighted by molar-refractivity contribution is 5.47. The van der Waals surface area contributed by atoms with Crippen molar-refractivity contribution in [2.45, 2.75) is 12.6 Å². The lowest BCUT2D eigenvalue weighted by Crippen LogP contribution is -2.19. The smallest absolute Gasteiger partial charge is 0.421 e. The number of halogens is 3. The average molecular weight is 277 g/mol. The van der Waals surface area contributed by atoms with Crippen molar-refractivity contribution in [3.63, 3.8) is 0 Å². The van der Waals surface area contributed by atoms with E-state index in [4.69, 9.17) is 10.8 Å². The second kappa shape index (κ2) is 6.12. The third kappa shape index (κ3) is 4.90. The molecule has 0 radical (unpaired) electrons. The van der Waals surface area contributed by atoms with Crippen LogP contribution in [0.25, 0.3) is 0 Å². The van der Waals surface area contributed by atoms with Gasteiger partial charge in [0, 0.05) is 19.3 Å². The van der Waals surface area contributed by atoms with Gasteiger partial charge in [0.25, 0.3) is 0 Å². The van der Waals surface area contributed by atoms with Crippen LogP contribution in [-0.2, 0) is 6.18 Å². The van der Waals surface area contributed by atoms with E-state index >= 15 is 0 Å². The maximum absolute atomic E-state index is 12.6. The Kier molecular flexibility index (Phi) is 4.79. The monoisotopic (exact) mass is 277 g/mol. The molecule has 9 heteroatoms. The molecule has 1 heterocycles. The summed E-state index contributed by atoms with van der Waals surface area (Å²) in [5, 5.41) is 13.8. The van der Waals surface area contributed by atoms with Crippen molar-refractivity contribution in [2.75, 3.05) is 24.1 Å². The van der Waals surface area contributed by atoms with Gasteiger partial charge < -0.3 is 21.5 Å². The van der Waals surface area contributed by atoms with Crippen molar-refractivity contribution in [1.82, 2.24) is 15.3 Å². The average Bonchev–Trinajstić information content (AvgIpc) is 2.26. The SMILES string of the molecule is C=C(O)NCCCNc1nc(N)ncc1C(F)(F)F. The molecule has 0 aromatic carbocycles. The molecule has 1 aromatic rings. The fourth-order valence-electron chi connectivity index (χ4n) is 1.27. The molecule has 0 spiro atoms. The van der Waals surface area contributed by atoms with E-state index in [9.17, 15) is 13.2 Å². The van der Waals surface area contributed by atoms with Crippen molar-refractivity contribution in [2.24, 2.45) is 0 Å². The number of aliphatic hydroxyl groups excluding tert-OH is 1. The van der Waals surface area contributed by atoms with Gasteiger partial charge in [0.15, 0.2) is 5.88 Å². The van der Waals surface area contributed by atoms with Gasteiger partial charge in [-0.1, -0.05) is 0 Å². The van der Waals surface area contributed by atoms with Crippen LogP contribution in [-0.4, -0.2) is 28.2 Å². The summed E-state index contributed by atoms with van der Waals surface area (Å²) in [6.45, 7) is 3.79. The molecule has 19 heavy (non-hydrogen) atoms. The highest BCUT2D eigenvalue weighted by Gasteiger charge is 2.35. The predicted molar refractivity (Wildman–Crippen MR) is 64.3 cm³/mol. The molecule has 0 fully saturated rings. The number of rotatable bonds is 6. The number of aliphatic hydroxyl groups is 1. The summed E-state index contributed by atoms with van der Waals surface area (Å²) in [4.78, 5) is 6.84. The van der Waals surface area contributed by atoms with Crippen LogP contribution in [0.1, 0.15) is 12.0 Å². The van der Waals surface area contributed by atoms with E-state index in [0.717, 1.165) is 0 Å². The van der Waals surface area contributed by atoms with Crippen molar-refractivity contribution < 1.29 is 18.3 Å². The first-order valence-electron chi connectivity index (χ1n) is 5.36. The second-order valence-corrected chi connectivity index (χ2v) is 3.64. The number of anilines is 2. The van der Waals surface area contributed by atoms with Gasteiger partial charge in [0.05, 0.1) is 0 Å². The Morgan fingerprint density at radius 1 is 1.42 bits per heavy atom. The third-order valence-electron chi connectivity index (χ3n) is 2.09. The summed E-state index contributed by atoms with van der Waals surface area (Å²) < 4.78 is 37.9. The number of nitrogen functional groups attached to an aromatic ring is 1. The molecular weight excluding hydrogens is 263 g/mol. The van der Waals surface area contributed by atoms with E-state index in [1.165, 1.54) is 0 Å². The molecule has 6 nitrogen and oxygen atoms in total. The van der Waals surface area contributed by atoms with Crippen LogP contribution in [0.4, 0.5) is 24.9 Å². The molecule has 0 aliphatic rings. The largest absolute Gasteiger partial charge is 0.495 e. The first-order chi connectivity index (χ1) is 8.80. The Morgan fingerprint density at radius 3 is 2.68 bits per heavy atom. The number of aromatic nitrogens is 2. The Labute approximate surface area is 107 Å². The molecular formula is C10H14F3N5O. The zero-order valence-electron chi connectivity index (χ0n) is 9.96. The Hall–Kier alpha value is -2.19. The fraction of sp³-hybridized carbons (Fsp3) is 0.400. The molecule has 0 aliphatic carbocycles. The third-order valence-corrected chi connectivity index (χ3v) is 2.09. The summed E-state index contributed by atoms with van der Waals surface area (Å²) in [7, 11) is 0. The maximum Gasteiger partial charge on any atom is 0.421 e. The van der Waals surface area contributed by atoms with Crippen LogP contribution in [0, 0.1) is 0 Å². The molecule has 0 bridgehead atoms. The lowest BCUT2D eigenvalue weighted by Gasteiger charge is -2.13. The van der Waals surface area contributed by atoms with Crippen LogP contribution in [0.5, 0.6) is 0 Å². The highest BCUT2D eigenvalue weighted by Crippen LogP contribution is 2.33. The van der Waals surface area contributed by atoms with E-state index in [2.05, 4.69) is 27.2 Å². The van der Waals surface area contributed by atoms with Gasteiger partial charge in [-0.05, 0) is 13.0 Å². The van der Waals surface area contributed by atoms with E-state index in [1.54, 1.807) is 0 Å². The molecule has 0 atom stereocenters. The molecule has 0 aliphatic heterocycles. The molecule has 106 valence electrons. The molecule has 0 amide bonds. The van der Waals surface area contributed by atoms with Crippen molar-refractivity contribution in [3.05, 3.63) is 24.2 Å². The Morgan fingerprint density at radius 2 is 2.11 bits per heavy atom. The fourth-order valence-corrected chi connectivity index (χ4v) is 1.27. The van der Waals surface area contributed by atoms with E-state index < -0.39 is 11.7 Å². The quantitative estimate of drug-likeness (QED) is 0.465. The molecule has 0 saturated heterocycles. The van der Waals surface area contributed by atoms with Gasteiger partial charge in [-0.25, -0.2) is 4.98 Å². The molecule has 0 unspecified atom stereocenters. The number of hydrogen-bond acceptors (Lipinski definition) is 6. The van der Waals surface area contributed by atoms with E-state index in [1.807, 2.05) is 0 Å². The van der Waals surface area contributed by atoms with Crippen LogP contribution in [0.15, 0.2) is 18.7 Å². The minimum Gasteiger partial charge on any atom is -0.495 e. The Bertz CT molecular complexity index is 449. The summed E-state index contributed by atoms with van der Waals surface area (Å²) >= 11 is 0. The lowest BCUT2D eigenvalue weighted by molar-refractivity contribution is -0.137. The number of alkyl halides is 3. The predicted octanol–water partition coefficient (Wildman–Crippen LogP) is 1.50. The van der Waals surface area contributed by atoms with Crippen LogP contribution in [0.2, 0.25) is 0 Å². The van der Waals surface area contributed by atoms with Crippen LogP contribution in [0.3, 0.4) is 0 Å². The number of nitrogens with zero attached hydrogens (tertiary/aromatic N) is 2. The van der Waals surface area contributed by atoms with Gasteiger partial charge in [0.1, 0.15) is 11.4 Å². The summed E-state index contributed by atoms with van der Waals surface area (Å²) in [5.41, 5.74) is 4.28. The zero-order chi connectivity index (χ0) is 14.5. The maximum atomic E-state index is 12.6. The first-order valence-corrected chi connectivity index (χ1v) is 5.36. The molecule has 1 aromatic heterocycles. The van der Waals surface area contributed by atoms with Crippen LogP contribution < -0.4 is 16.4 Å².